The van der Waals surface area contributed by atoms with Crippen LogP contribution in [0.5, 0.6) is 0 Å². The summed E-state index contributed by atoms with van der Waals surface area (Å²) in [6, 6.07) is 8.69. The molecule has 82 valence electrons. The fourth-order valence-corrected chi connectivity index (χ4v) is 1.29. The van der Waals surface area contributed by atoms with Crippen molar-refractivity contribution < 1.29 is 18.0 Å². The summed E-state index contributed by atoms with van der Waals surface area (Å²) in [6.45, 7) is 1.61. The molecule has 1 unspecified atom stereocenters. The van der Waals surface area contributed by atoms with Gasteiger partial charge in [0.25, 0.3) is 0 Å². The molecule has 1 aromatic carbocycles. The van der Waals surface area contributed by atoms with E-state index in [2.05, 4.69) is 0 Å². The third-order valence-electron chi connectivity index (χ3n) is 2.18. The summed E-state index contributed by atoms with van der Waals surface area (Å²) in [5.41, 5.74) is 0.745. The molecule has 0 aromatic heterocycles. The Morgan fingerprint density at radius 3 is 2.27 bits per heavy atom. The van der Waals surface area contributed by atoms with Gasteiger partial charge in [-0.3, -0.25) is 4.79 Å². The number of Topliss-reactive ketones (excluding diaryl/α,β-unsaturated/α-hetero) is 1. The van der Waals surface area contributed by atoms with Crippen molar-refractivity contribution in [1.82, 2.24) is 0 Å². The van der Waals surface area contributed by atoms with Crippen molar-refractivity contribution >= 4 is 5.78 Å². The molecule has 0 aliphatic carbocycles. The van der Waals surface area contributed by atoms with Crippen LogP contribution in [0, 0.1) is 0 Å². The molecule has 0 fully saturated rings. The van der Waals surface area contributed by atoms with Crippen molar-refractivity contribution in [3.63, 3.8) is 0 Å². The molecular formula is C11H11F3O. The molecule has 0 N–H and O–H groups in total. The van der Waals surface area contributed by atoms with Gasteiger partial charge in [-0.1, -0.05) is 37.3 Å². The predicted molar refractivity (Wildman–Crippen MR) is 50.5 cm³/mol. The summed E-state index contributed by atoms with van der Waals surface area (Å²) >= 11 is 0. The first-order chi connectivity index (χ1) is 6.91. The lowest BCUT2D eigenvalue weighted by Crippen LogP contribution is -2.24. The average molecular weight is 216 g/mol. The molecule has 0 amide bonds. The van der Waals surface area contributed by atoms with E-state index >= 15 is 0 Å². The molecule has 4 heteroatoms. The van der Waals surface area contributed by atoms with Gasteiger partial charge in [0.2, 0.25) is 5.78 Å². The van der Waals surface area contributed by atoms with Crippen molar-refractivity contribution in [1.29, 1.82) is 0 Å². The van der Waals surface area contributed by atoms with Crippen LogP contribution in [0.3, 0.4) is 0 Å². The van der Waals surface area contributed by atoms with Gasteiger partial charge in [-0.05, 0) is 11.5 Å². The van der Waals surface area contributed by atoms with Gasteiger partial charge in [0.1, 0.15) is 0 Å². The molecule has 0 aliphatic rings. The van der Waals surface area contributed by atoms with Crippen LogP contribution in [0.25, 0.3) is 0 Å². The maximum Gasteiger partial charge on any atom is 0.449 e. The Bertz CT molecular complexity index is 329. The lowest BCUT2D eigenvalue weighted by Gasteiger charge is -2.12. The van der Waals surface area contributed by atoms with E-state index in [4.69, 9.17) is 0 Å². The molecule has 15 heavy (non-hydrogen) atoms. The molecule has 1 atom stereocenters. The first kappa shape index (κ1) is 11.8. The minimum absolute atomic E-state index is 0.402. The molecule has 0 bridgehead atoms. The summed E-state index contributed by atoms with van der Waals surface area (Å²) in [4.78, 5) is 10.7. The normalized spacial score (nSPS) is 13.6. The van der Waals surface area contributed by atoms with Crippen molar-refractivity contribution in [3.05, 3.63) is 35.9 Å². The maximum absolute atomic E-state index is 12.0. The van der Waals surface area contributed by atoms with E-state index in [0.29, 0.717) is 0 Å². The van der Waals surface area contributed by atoms with E-state index in [0.717, 1.165) is 5.56 Å². The fourth-order valence-electron chi connectivity index (χ4n) is 1.29. The maximum atomic E-state index is 12.0. The number of hydrogen-bond donors (Lipinski definition) is 0. The predicted octanol–water partition coefficient (Wildman–Crippen LogP) is 3.31. The van der Waals surface area contributed by atoms with Crippen LogP contribution in [0.4, 0.5) is 13.2 Å². The first-order valence-corrected chi connectivity index (χ1v) is 4.56. The molecule has 0 aliphatic heterocycles. The quantitative estimate of drug-likeness (QED) is 0.757. The van der Waals surface area contributed by atoms with Crippen LogP contribution in [0.2, 0.25) is 0 Å². The van der Waals surface area contributed by atoms with Gasteiger partial charge in [-0.15, -0.1) is 0 Å². The van der Waals surface area contributed by atoms with Crippen LogP contribution < -0.4 is 0 Å². The third-order valence-corrected chi connectivity index (χ3v) is 2.18. The minimum Gasteiger partial charge on any atom is -0.290 e. The minimum atomic E-state index is -4.72. The Morgan fingerprint density at radius 2 is 1.80 bits per heavy atom. The molecule has 0 spiro atoms. The number of halogens is 3. The Morgan fingerprint density at radius 1 is 1.27 bits per heavy atom. The monoisotopic (exact) mass is 216 g/mol. The van der Waals surface area contributed by atoms with Crippen LogP contribution in [-0.2, 0) is 4.79 Å². The highest BCUT2D eigenvalue weighted by Gasteiger charge is 2.38. The number of ketones is 1. The van der Waals surface area contributed by atoms with Crippen LogP contribution in [0.1, 0.15) is 24.8 Å². The lowest BCUT2D eigenvalue weighted by molar-refractivity contribution is -0.171. The third kappa shape index (κ3) is 3.38. The van der Waals surface area contributed by atoms with E-state index in [9.17, 15) is 18.0 Å². The van der Waals surface area contributed by atoms with Crippen LogP contribution in [0.15, 0.2) is 30.3 Å². The second-order valence-corrected chi connectivity index (χ2v) is 3.44. The fraction of sp³-hybridized carbons (Fsp3) is 0.364. The largest absolute Gasteiger partial charge is 0.449 e. The SMILES string of the molecule is CC(CC(=O)C(F)(F)F)c1ccccc1. The zero-order valence-electron chi connectivity index (χ0n) is 8.21. The van der Waals surface area contributed by atoms with Gasteiger partial charge in [0.05, 0.1) is 0 Å². The number of carbonyl (C=O) groups excluding carboxylic acids is 1. The van der Waals surface area contributed by atoms with Crippen LogP contribution in [-0.4, -0.2) is 12.0 Å². The molecule has 1 nitrogen and oxygen atoms in total. The van der Waals surface area contributed by atoms with E-state index < -0.39 is 24.3 Å². The smallest absolute Gasteiger partial charge is 0.290 e. The highest BCUT2D eigenvalue weighted by atomic mass is 19.4. The van der Waals surface area contributed by atoms with E-state index in [-0.39, 0.29) is 0 Å². The Balaban J connectivity index is 2.65. The van der Waals surface area contributed by atoms with Crippen molar-refractivity contribution in [2.75, 3.05) is 0 Å². The van der Waals surface area contributed by atoms with E-state index in [1.807, 2.05) is 0 Å². The summed E-state index contributed by atoms with van der Waals surface area (Å²) in [6.07, 6.45) is -5.21. The molecule has 0 saturated carbocycles. The Hall–Kier alpha value is -1.32. The zero-order valence-corrected chi connectivity index (χ0v) is 8.21. The second kappa shape index (κ2) is 4.47. The molecule has 0 saturated heterocycles. The summed E-state index contributed by atoms with van der Waals surface area (Å²) < 4.78 is 35.9. The number of rotatable bonds is 3. The standard InChI is InChI=1S/C11H11F3O/c1-8(7-10(15)11(12,13)14)9-5-3-2-4-6-9/h2-6,8H,7H2,1H3. The molecule has 1 rings (SSSR count). The highest BCUT2D eigenvalue weighted by Crippen LogP contribution is 2.25. The van der Waals surface area contributed by atoms with Crippen molar-refractivity contribution in [2.45, 2.75) is 25.4 Å². The van der Waals surface area contributed by atoms with Gasteiger partial charge in [0, 0.05) is 6.42 Å². The second-order valence-electron chi connectivity index (χ2n) is 3.44. The Labute approximate surface area is 85.9 Å². The molecular weight excluding hydrogens is 205 g/mol. The summed E-state index contributed by atoms with van der Waals surface area (Å²) in [5, 5.41) is 0. The van der Waals surface area contributed by atoms with Gasteiger partial charge in [-0.25, -0.2) is 0 Å². The molecule has 1 aromatic rings. The van der Waals surface area contributed by atoms with Gasteiger partial charge in [-0.2, -0.15) is 13.2 Å². The Kier molecular flexibility index (Phi) is 3.50. The molecule has 0 radical (unpaired) electrons. The topological polar surface area (TPSA) is 17.1 Å². The van der Waals surface area contributed by atoms with E-state index in [1.54, 1.807) is 37.3 Å². The summed E-state index contributed by atoms with van der Waals surface area (Å²) in [7, 11) is 0. The van der Waals surface area contributed by atoms with Gasteiger partial charge < -0.3 is 0 Å². The number of alkyl halides is 3. The van der Waals surface area contributed by atoms with Gasteiger partial charge >= 0.3 is 6.18 Å². The number of carbonyl (C=O) groups is 1. The lowest BCUT2D eigenvalue weighted by atomic mass is 9.96. The van der Waals surface area contributed by atoms with E-state index in [1.165, 1.54) is 0 Å². The number of hydrogen-bond acceptors (Lipinski definition) is 1. The number of benzene rings is 1. The first-order valence-electron chi connectivity index (χ1n) is 4.56. The molecule has 0 heterocycles. The van der Waals surface area contributed by atoms with Gasteiger partial charge in [0.15, 0.2) is 0 Å². The van der Waals surface area contributed by atoms with Crippen molar-refractivity contribution in [3.8, 4) is 0 Å². The van der Waals surface area contributed by atoms with Crippen molar-refractivity contribution in [2.24, 2.45) is 0 Å². The van der Waals surface area contributed by atoms with Crippen LogP contribution >= 0.6 is 0 Å². The highest BCUT2D eigenvalue weighted by molar-refractivity contribution is 5.84. The zero-order chi connectivity index (χ0) is 11.5. The summed E-state index contributed by atoms with van der Waals surface area (Å²) in [5.74, 6) is -2.07. The average Bonchev–Trinajstić information content (AvgIpc) is 2.17.